The smallest absolute Gasteiger partial charge is 0.0494 e. The van der Waals surface area contributed by atoms with Gasteiger partial charge in [0.05, 0.1) is 0 Å². The third-order valence-electron chi connectivity index (χ3n) is 2.14. The molecule has 0 bridgehead atoms. The molecule has 1 unspecified atom stereocenters. The highest BCUT2D eigenvalue weighted by Gasteiger charge is 2.16. The highest BCUT2D eigenvalue weighted by atomic mass is 79.9. The van der Waals surface area contributed by atoms with Gasteiger partial charge in [-0.25, -0.2) is 0 Å². The molecule has 0 amide bonds. The van der Waals surface area contributed by atoms with Crippen LogP contribution in [0.3, 0.4) is 0 Å². The average molecular weight is 278 g/mol. The van der Waals surface area contributed by atoms with Crippen molar-refractivity contribution in [1.29, 1.82) is 0 Å². The molecular weight excluding hydrogens is 263 g/mol. The summed E-state index contributed by atoms with van der Waals surface area (Å²) in [4.78, 5) is 0. The molecule has 1 rings (SSSR count). The van der Waals surface area contributed by atoms with Gasteiger partial charge in [-0.1, -0.05) is 41.4 Å². The van der Waals surface area contributed by atoms with Crippen molar-refractivity contribution in [3.63, 3.8) is 0 Å². The van der Waals surface area contributed by atoms with E-state index in [0.717, 1.165) is 15.1 Å². The summed E-state index contributed by atoms with van der Waals surface area (Å²) in [6, 6.07) is 5.83. The van der Waals surface area contributed by atoms with Crippen LogP contribution in [0, 0.1) is 5.92 Å². The van der Waals surface area contributed by atoms with E-state index in [9.17, 15) is 0 Å². The molecule has 0 aromatic heterocycles. The Bertz CT molecular complexity index is 315. The maximum atomic E-state index is 5.93. The lowest BCUT2D eigenvalue weighted by atomic mass is 9.97. The first-order valence-corrected chi connectivity index (χ1v) is 5.64. The summed E-state index contributed by atoms with van der Waals surface area (Å²) >= 11 is 9.42. The molecule has 0 aliphatic heterocycles. The molecule has 14 heavy (non-hydrogen) atoms. The van der Waals surface area contributed by atoms with Gasteiger partial charge in [0.2, 0.25) is 0 Å². The van der Waals surface area contributed by atoms with Crippen molar-refractivity contribution in [2.45, 2.75) is 19.9 Å². The summed E-state index contributed by atoms with van der Waals surface area (Å²) in [7, 11) is 0. The molecule has 0 heterocycles. The molecular formula is C10H14BrClN2. The monoisotopic (exact) mass is 276 g/mol. The zero-order valence-corrected chi connectivity index (χ0v) is 10.6. The van der Waals surface area contributed by atoms with Crippen LogP contribution in [0.15, 0.2) is 22.7 Å². The summed E-state index contributed by atoms with van der Waals surface area (Å²) in [6.45, 7) is 4.22. The number of rotatable bonds is 3. The first-order valence-electron chi connectivity index (χ1n) is 4.47. The highest BCUT2D eigenvalue weighted by Crippen LogP contribution is 2.30. The molecule has 0 saturated heterocycles. The third kappa shape index (κ3) is 2.70. The average Bonchev–Trinajstić information content (AvgIpc) is 2.11. The van der Waals surface area contributed by atoms with Crippen LogP contribution >= 0.6 is 27.5 Å². The van der Waals surface area contributed by atoms with Crippen molar-refractivity contribution in [1.82, 2.24) is 5.43 Å². The Balaban J connectivity index is 3.08. The van der Waals surface area contributed by atoms with Gasteiger partial charge in [-0.15, -0.1) is 0 Å². The largest absolute Gasteiger partial charge is 0.271 e. The quantitative estimate of drug-likeness (QED) is 0.657. The molecule has 3 N–H and O–H groups in total. The lowest BCUT2D eigenvalue weighted by Crippen LogP contribution is -2.31. The topological polar surface area (TPSA) is 38.0 Å². The van der Waals surface area contributed by atoms with Crippen molar-refractivity contribution in [2.75, 3.05) is 0 Å². The molecule has 0 spiro atoms. The third-order valence-corrected chi connectivity index (χ3v) is 3.10. The second-order valence-corrected chi connectivity index (χ2v) is 4.84. The molecule has 0 aliphatic rings. The molecule has 0 saturated carbocycles. The highest BCUT2D eigenvalue weighted by molar-refractivity contribution is 9.10. The van der Waals surface area contributed by atoms with Crippen molar-refractivity contribution in [3.05, 3.63) is 33.3 Å². The minimum atomic E-state index is 0.114. The van der Waals surface area contributed by atoms with E-state index in [-0.39, 0.29) is 6.04 Å². The number of nitrogens with two attached hydrogens (primary N) is 1. The SMILES string of the molecule is CC(C)C(NN)c1cc(Cl)ccc1Br. The number of nitrogens with one attached hydrogen (secondary N) is 1. The molecule has 78 valence electrons. The van der Waals surface area contributed by atoms with Gasteiger partial charge in [0, 0.05) is 15.5 Å². The summed E-state index contributed by atoms with van der Waals surface area (Å²) in [5.41, 5.74) is 3.89. The Morgan fingerprint density at radius 2 is 2.07 bits per heavy atom. The Kier molecular flexibility index (Phi) is 4.38. The minimum Gasteiger partial charge on any atom is -0.271 e. The molecule has 4 heteroatoms. The maximum absolute atomic E-state index is 5.93. The van der Waals surface area contributed by atoms with Crippen LogP contribution in [0.25, 0.3) is 0 Å². The fourth-order valence-corrected chi connectivity index (χ4v) is 2.07. The lowest BCUT2D eigenvalue weighted by Gasteiger charge is -2.21. The van der Waals surface area contributed by atoms with Gasteiger partial charge in [0.15, 0.2) is 0 Å². The molecule has 1 aromatic carbocycles. The standard InChI is InChI=1S/C10H14BrClN2/c1-6(2)10(14-13)8-5-7(12)3-4-9(8)11/h3-6,10,14H,13H2,1-2H3. The zero-order chi connectivity index (χ0) is 10.7. The molecule has 0 aliphatic carbocycles. The van der Waals surface area contributed by atoms with E-state index in [4.69, 9.17) is 17.4 Å². The fraction of sp³-hybridized carbons (Fsp3) is 0.400. The van der Waals surface area contributed by atoms with E-state index >= 15 is 0 Å². The fourth-order valence-electron chi connectivity index (χ4n) is 1.39. The normalized spacial score (nSPS) is 13.3. The van der Waals surface area contributed by atoms with Crippen LogP contribution < -0.4 is 11.3 Å². The second-order valence-electron chi connectivity index (χ2n) is 3.55. The van der Waals surface area contributed by atoms with E-state index in [0.29, 0.717) is 5.92 Å². The minimum absolute atomic E-state index is 0.114. The second kappa shape index (κ2) is 5.12. The van der Waals surface area contributed by atoms with Gasteiger partial charge in [0.25, 0.3) is 0 Å². The predicted molar refractivity (Wildman–Crippen MR) is 64.1 cm³/mol. The van der Waals surface area contributed by atoms with E-state index in [1.165, 1.54) is 0 Å². The number of hydrazine groups is 1. The molecule has 1 atom stereocenters. The van der Waals surface area contributed by atoms with Crippen LogP contribution in [0.5, 0.6) is 0 Å². The number of hydrogen-bond acceptors (Lipinski definition) is 2. The van der Waals surface area contributed by atoms with Crippen LogP contribution in [0.4, 0.5) is 0 Å². The van der Waals surface area contributed by atoms with E-state index < -0.39 is 0 Å². The van der Waals surface area contributed by atoms with Crippen molar-refractivity contribution < 1.29 is 0 Å². The van der Waals surface area contributed by atoms with Gasteiger partial charge < -0.3 is 0 Å². The van der Waals surface area contributed by atoms with Gasteiger partial charge in [0.1, 0.15) is 0 Å². The lowest BCUT2D eigenvalue weighted by molar-refractivity contribution is 0.420. The molecule has 0 radical (unpaired) electrons. The first-order chi connectivity index (χ1) is 6.56. The maximum Gasteiger partial charge on any atom is 0.0494 e. The van der Waals surface area contributed by atoms with Crippen molar-refractivity contribution in [2.24, 2.45) is 11.8 Å². The molecule has 2 nitrogen and oxygen atoms in total. The van der Waals surface area contributed by atoms with Crippen molar-refractivity contribution in [3.8, 4) is 0 Å². The predicted octanol–water partition coefficient (Wildman–Crippen LogP) is 3.26. The zero-order valence-electron chi connectivity index (χ0n) is 8.22. The number of halogens is 2. The van der Waals surface area contributed by atoms with E-state index in [1.807, 2.05) is 18.2 Å². The summed E-state index contributed by atoms with van der Waals surface area (Å²) in [5.74, 6) is 5.92. The van der Waals surface area contributed by atoms with E-state index in [1.54, 1.807) is 0 Å². The first kappa shape index (κ1) is 12.0. The van der Waals surface area contributed by atoms with Gasteiger partial charge >= 0.3 is 0 Å². The van der Waals surface area contributed by atoms with Crippen LogP contribution in [-0.2, 0) is 0 Å². The van der Waals surface area contributed by atoms with Crippen LogP contribution in [-0.4, -0.2) is 0 Å². The van der Waals surface area contributed by atoms with Crippen molar-refractivity contribution >= 4 is 27.5 Å². The number of hydrogen-bond donors (Lipinski definition) is 2. The van der Waals surface area contributed by atoms with Crippen LogP contribution in [0.1, 0.15) is 25.5 Å². The Morgan fingerprint density at radius 1 is 1.43 bits per heavy atom. The van der Waals surface area contributed by atoms with Gasteiger partial charge in [-0.2, -0.15) is 0 Å². The van der Waals surface area contributed by atoms with Gasteiger partial charge in [-0.05, 0) is 29.7 Å². The summed E-state index contributed by atoms with van der Waals surface area (Å²) in [6.07, 6.45) is 0. The van der Waals surface area contributed by atoms with Crippen LogP contribution in [0.2, 0.25) is 5.02 Å². The summed E-state index contributed by atoms with van der Waals surface area (Å²) in [5, 5.41) is 0.726. The Labute approximate surface area is 97.9 Å². The molecule has 0 fully saturated rings. The summed E-state index contributed by atoms with van der Waals surface area (Å²) < 4.78 is 1.03. The Hall–Kier alpha value is -0.0900. The van der Waals surface area contributed by atoms with Gasteiger partial charge in [-0.3, -0.25) is 11.3 Å². The Morgan fingerprint density at radius 3 is 2.57 bits per heavy atom. The number of benzene rings is 1. The molecule has 1 aromatic rings. The van der Waals surface area contributed by atoms with E-state index in [2.05, 4.69) is 35.2 Å².